The fourth-order valence-corrected chi connectivity index (χ4v) is 1.34. The Morgan fingerprint density at radius 2 is 1.85 bits per heavy atom. The van der Waals surface area contributed by atoms with Gasteiger partial charge in [-0.15, -0.1) is 0 Å². The fraction of sp³-hybridized carbons (Fsp3) is 0.455. The molecule has 1 aromatic carbocycles. The Balaban J connectivity index is 2.66. The van der Waals surface area contributed by atoms with Crippen LogP contribution in [0.4, 0.5) is 5.69 Å². The number of nitrogens with zero attached hydrogens (tertiary/aromatic N) is 1. The Bertz CT molecular complexity index is 251. The molecule has 0 saturated heterocycles. The molecule has 0 radical (unpaired) electrons. The molecule has 2 nitrogen and oxygen atoms in total. The minimum absolute atomic E-state index is 0.214. The van der Waals surface area contributed by atoms with E-state index in [9.17, 15) is 0 Å². The van der Waals surface area contributed by atoms with Crippen LogP contribution in [-0.4, -0.2) is 19.6 Å². The summed E-state index contributed by atoms with van der Waals surface area (Å²) in [6.45, 7) is 5.00. The van der Waals surface area contributed by atoms with Gasteiger partial charge in [0.15, 0.2) is 0 Å². The van der Waals surface area contributed by atoms with E-state index < -0.39 is 0 Å². The number of hydrogen-bond acceptors (Lipinski definition) is 2. The van der Waals surface area contributed by atoms with Crippen LogP contribution >= 0.6 is 0 Å². The van der Waals surface area contributed by atoms with Gasteiger partial charge in [-0.05, 0) is 26.0 Å². The zero-order valence-electron chi connectivity index (χ0n) is 8.62. The molecule has 0 bridgehead atoms. The van der Waals surface area contributed by atoms with E-state index >= 15 is 0 Å². The van der Waals surface area contributed by atoms with Crippen molar-refractivity contribution in [3.63, 3.8) is 0 Å². The molecular weight excluding hydrogens is 160 g/mol. The maximum Gasteiger partial charge on any atom is 0.0364 e. The highest BCUT2D eigenvalue weighted by atomic mass is 15.1. The maximum atomic E-state index is 5.72. The number of likely N-dealkylation sites (N-methyl/N-ethyl adjacent to an activating group) is 1. The summed E-state index contributed by atoms with van der Waals surface area (Å²) in [6.07, 6.45) is 0. The topological polar surface area (TPSA) is 29.3 Å². The molecule has 2 heteroatoms. The molecule has 0 fully saturated rings. The molecule has 1 aromatic rings. The number of anilines is 1. The Morgan fingerprint density at radius 1 is 1.31 bits per heavy atom. The SMILES string of the molecule is Cc1ccc(N(C)C[C@H](C)N)cc1. The van der Waals surface area contributed by atoms with Crippen LogP contribution in [0, 0.1) is 6.92 Å². The van der Waals surface area contributed by atoms with Gasteiger partial charge in [0.25, 0.3) is 0 Å². The van der Waals surface area contributed by atoms with Crippen LogP contribution in [0.2, 0.25) is 0 Å². The standard InChI is InChI=1S/C11H18N2/c1-9-4-6-11(7-5-9)13(3)8-10(2)12/h4-7,10H,8,12H2,1-3H3/t10-/m0/s1. The molecular formula is C11H18N2. The van der Waals surface area contributed by atoms with Gasteiger partial charge in [-0.1, -0.05) is 17.7 Å². The van der Waals surface area contributed by atoms with Crippen molar-refractivity contribution >= 4 is 5.69 Å². The molecule has 0 aliphatic rings. The van der Waals surface area contributed by atoms with Crippen molar-refractivity contribution in [3.8, 4) is 0 Å². The van der Waals surface area contributed by atoms with Crippen LogP contribution in [0.15, 0.2) is 24.3 Å². The van der Waals surface area contributed by atoms with Crippen molar-refractivity contribution < 1.29 is 0 Å². The Hall–Kier alpha value is -1.02. The zero-order valence-corrected chi connectivity index (χ0v) is 8.62. The lowest BCUT2D eigenvalue weighted by Gasteiger charge is -2.21. The molecule has 0 saturated carbocycles. The molecule has 1 atom stereocenters. The third kappa shape index (κ3) is 3.07. The van der Waals surface area contributed by atoms with Gasteiger partial charge in [-0.2, -0.15) is 0 Å². The highest BCUT2D eigenvalue weighted by Gasteiger charge is 2.02. The van der Waals surface area contributed by atoms with Gasteiger partial charge in [-0.3, -0.25) is 0 Å². The zero-order chi connectivity index (χ0) is 9.84. The van der Waals surface area contributed by atoms with Crippen molar-refractivity contribution in [2.24, 2.45) is 5.73 Å². The van der Waals surface area contributed by atoms with Gasteiger partial charge in [0.2, 0.25) is 0 Å². The van der Waals surface area contributed by atoms with Crippen molar-refractivity contribution in [1.82, 2.24) is 0 Å². The smallest absolute Gasteiger partial charge is 0.0364 e. The third-order valence-corrected chi connectivity index (χ3v) is 2.04. The lowest BCUT2D eigenvalue weighted by molar-refractivity contribution is 0.717. The molecule has 13 heavy (non-hydrogen) atoms. The monoisotopic (exact) mass is 178 g/mol. The third-order valence-electron chi connectivity index (χ3n) is 2.04. The second kappa shape index (κ2) is 4.28. The van der Waals surface area contributed by atoms with Gasteiger partial charge < -0.3 is 10.6 Å². The second-order valence-electron chi connectivity index (χ2n) is 3.69. The molecule has 0 heterocycles. The van der Waals surface area contributed by atoms with Crippen LogP contribution < -0.4 is 10.6 Å². The highest BCUT2D eigenvalue weighted by Crippen LogP contribution is 2.12. The largest absolute Gasteiger partial charge is 0.373 e. The average Bonchev–Trinajstić information content (AvgIpc) is 2.04. The second-order valence-corrected chi connectivity index (χ2v) is 3.69. The molecule has 0 unspecified atom stereocenters. The summed E-state index contributed by atoms with van der Waals surface area (Å²) in [4.78, 5) is 2.17. The van der Waals surface area contributed by atoms with Crippen LogP contribution in [0.5, 0.6) is 0 Å². The summed E-state index contributed by atoms with van der Waals surface area (Å²) < 4.78 is 0. The first-order valence-electron chi connectivity index (χ1n) is 4.63. The summed E-state index contributed by atoms with van der Waals surface area (Å²) in [5, 5.41) is 0. The molecule has 0 aromatic heterocycles. The van der Waals surface area contributed by atoms with Gasteiger partial charge in [0.1, 0.15) is 0 Å². The molecule has 0 aliphatic carbocycles. The van der Waals surface area contributed by atoms with E-state index in [1.807, 2.05) is 6.92 Å². The molecule has 0 amide bonds. The van der Waals surface area contributed by atoms with E-state index in [2.05, 4.69) is 43.1 Å². The summed E-state index contributed by atoms with van der Waals surface area (Å²) in [5.41, 5.74) is 8.23. The number of nitrogens with two attached hydrogens (primary N) is 1. The van der Waals surface area contributed by atoms with Gasteiger partial charge in [0.05, 0.1) is 0 Å². The molecule has 1 rings (SSSR count). The molecule has 2 N–H and O–H groups in total. The average molecular weight is 178 g/mol. The van der Waals surface area contributed by atoms with Gasteiger partial charge in [-0.25, -0.2) is 0 Å². The van der Waals surface area contributed by atoms with Crippen LogP contribution in [-0.2, 0) is 0 Å². The Labute approximate surface area is 80.4 Å². The van der Waals surface area contributed by atoms with E-state index in [0.29, 0.717) is 0 Å². The first kappa shape index (κ1) is 10.1. The lowest BCUT2D eigenvalue weighted by atomic mass is 10.2. The predicted octanol–water partition coefficient (Wildman–Crippen LogP) is 1.78. The van der Waals surface area contributed by atoms with E-state index in [-0.39, 0.29) is 6.04 Å². The van der Waals surface area contributed by atoms with Crippen LogP contribution in [0.3, 0.4) is 0 Å². The van der Waals surface area contributed by atoms with E-state index in [4.69, 9.17) is 5.73 Å². The fourth-order valence-electron chi connectivity index (χ4n) is 1.34. The van der Waals surface area contributed by atoms with Gasteiger partial charge in [0, 0.05) is 25.3 Å². The Kier molecular flexibility index (Phi) is 3.32. The summed E-state index contributed by atoms with van der Waals surface area (Å²) in [5.74, 6) is 0. The number of aryl methyl sites for hydroxylation is 1. The predicted molar refractivity (Wildman–Crippen MR) is 58.1 cm³/mol. The summed E-state index contributed by atoms with van der Waals surface area (Å²) >= 11 is 0. The van der Waals surface area contributed by atoms with Crippen molar-refractivity contribution in [1.29, 1.82) is 0 Å². The van der Waals surface area contributed by atoms with E-state index in [0.717, 1.165) is 6.54 Å². The minimum atomic E-state index is 0.214. The minimum Gasteiger partial charge on any atom is -0.373 e. The van der Waals surface area contributed by atoms with Gasteiger partial charge >= 0.3 is 0 Å². The van der Waals surface area contributed by atoms with E-state index in [1.54, 1.807) is 0 Å². The lowest BCUT2D eigenvalue weighted by Crippen LogP contribution is -2.32. The Morgan fingerprint density at radius 3 is 2.31 bits per heavy atom. The molecule has 0 spiro atoms. The van der Waals surface area contributed by atoms with Crippen molar-refractivity contribution in [3.05, 3.63) is 29.8 Å². The van der Waals surface area contributed by atoms with Crippen LogP contribution in [0.25, 0.3) is 0 Å². The first-order chi connectivity index (χ1) is 6.09. The van der Waals surface area contributed by atoms with Crippen molar-refractivity contribution in [2.75, 3.05) is 18.5 Å². The summed E-state index contributed by atoms with van der Waals surface area (Å²) in [7, 11) is 2.06. The highest BCUT2D eigenvalue weighted by molar-refractivity contribution is 5.46. The number of hydrogen-bond donors (Lipinski definition) is 1. The quantitative estimate of drug-likeness (QED) is 0.764. The van der Waals surface area contributed by atoms with E-state index in [1.165, 1.54) is 11.3 Å². The first-order valence-corrected chi connectivity index (χ1v) is 4.63. The molecule has 0 aliphatic heterocycles. The van der Waals surface area contributed by atoms with Crippen LogP contribution in [0.1, 0.15) is 12.5 Å². The maximum absolute atomic E-state index is 5.72. The number of rotatable bonds is 3. The number of benzene rings is 1. The molecule has 72 valence electrons. The summed E-state index contributed by atoms with van der Waals surface area (Å²) in [6, 6.07) is 8.70. The normalized spacial score (nSPS) is 12.6. The van der Waals surface area contributed by atoms with Crippen molar-refractivity contribution in [2.45, 2.75) is 19.9 Å².